The van der Waals surface area contributed by atoms with Crippen molar-refractivity contribution in [1.29, 1.82) is 0 Å². The van der Waals surface area contributed by atoms with Crippen LogP contribution in [0, 0.1) is 0 Å². The van der Waals surface area contributed by atoms with Gasteiger partial charge in [-0.05, 0) is 38.0 Å². The van der Waals surface area contributed by atoms with Crippen LogP contribution in [0.1, 0.15) is 30.1 Å². The molecule has 2 heterocycles. The predicted molar refractivity (Wildman–Crippen MR) is 92.3 cm³/mol. The zero-order chi connectivity index (χ0) is 16.8. The highest BCUT2D eigenvalue weighted by atomic mass is 16.5. The molecule has 1 aliphatic heterocycles. The fraction of sp³-hybridized carbons (Fsp3) is 0.389. The molecule has 1 aromatic heterocycles. The lowest BCUT2D eigenvalue weighted by atomic mass is 10.1. The van der Waals surface area contributed by atoms with Crippen LogP contribution in [-0.2, 0) is 0 Å². The fourth-order valence-corrected chi connectivity index (χ4v) is 2.93. The van der Waals surface area contributed by atoms with E-state index in [1.165, 1.54) is 0 Å². The van der Waals surface area contributed by atoms with Gasteiger partial charge < -0.3 is 15.0 Å². The van der Waals surface area contributed by atoms with Crippen molar-refractivity contribution in [3.8, 4) is 5.75 Å². The van der Waals surface area contributed by atoms with Crippen molar-refractivity contribution in [2.24, 2.45) is 0 Å². The molecule has 1 amide bonds. The summed E-state index contributed by atoms with van der Waals surface area (Å²) in [5.74, 6) is 1.24. The molecule has 1 saturated heterocycles. The highest BCUT2D eigenvalue weighted by Gasteiger charge is 2.24. The Morgan fingerprint density at radius 3 is 2.88 bits per heavy atom. The average molecular weight is 326 g/mol. The maximum atomic E-state index is 12.6. The SMILES string of the molecule is CCOc1ccccc1C(=O)N[C@@H]1CCCN(c2ncccn2)C1. The number of aromatic nitrogens is 2. The van der Waals surface area contributed by atoms with Gasteiger partial charge in [-0.25, -0.2) is 9.97 Å². The van der Waals surface area contributed by atoms with Gasteiger partial charge in [-0.15, -0.1) is 0 Å². The number of carbonyl (C=O) groups is 1. The lowest BCUT2D eigenvalue weighted by molar-refractivity contribution is 0.0929. The van der Waals surface area contributed by atoms with Crippen LogP contribution in [0.3, 0.4) is 0 Å². The van der Waals surface area contributed by atoms with Crippen molar-refractivity contribution in [3.05, 3.63) is 48.3 Å². The summed E-state index contributed by atoms with van der Waals surface area (Å²) >= 11 is 0. The molecule has 1 atom stereocenters. The van der Waals surface area contributed by atoms with Gasteiger partial charge in [0, 0.05) is 31.5 Å². The van der Waals surface area contributed by atoms with E-state index in [0.29, 0.717) is 30.4 Å². The van der Waals surface area contributed by atoms with Gasteiger partial charge in [-0.3, -0.25) is 4.79 Å². The molecule has 0 unspecified atom stereocenters. The van der Waals surface area contributed by atoms with Crippen molar-refractivity contribution >= 4 is 11.9 Å². The Labute approximate surface area is 141 Å². The Hall–Kier alpha value is -2.63. The van der Waals surface area contributed by atoms with Crippen LogP contribution in [0.5, 0.6) is 5.75 Å². The van der Waals surface area contributed by atoms with Crippen molar-refractivity contribution in [1.82, 2.24) is 15.3 Å². The molecular formula is C18H22N4O2. The maximum absolute atomic E-state index is 12.6. The van der Waals surface area contributed by atoms with Gasteiger partial charge in [0.2, 0.25) is 5.95 Å². The van der Waals surface area contributed by atoms with E-state index in [9.17, 15) is 4.79 Å². The molecule has 3 rings (SSSR count). The Bertz CT molecular complexity index is 678. The topological polar surface area (TPSA) is 67.3 Å². The molecule has 6 nitrogen and oxygen atoms in total. The number of anilines is 1. The maximum Gasteiger partial charge on any atom is 0.255 e. The van der Waals surface area contributed by atoms with E-state index in [0.717, 1.165) is 19.4 Å². The summed E-state index contributed by atoms with van der Waals surface area (Å²) in [7, 11) is 0. The highest BCUT2D eigenvalue weighted by molar-refractivity contribution is 5.97. The standard InChI is InChI=1S/C18H22N4O2/c1-2-24-16-9-4-3-8-15(16)17(23)21-14-7-5-12-22(13-14)18-19-10-6-11-20-18/h3-4,6,8-11,14H,2,5,7,12-13H2,1H3,(H,21,23)/t14-/m1/s1. The molecule has 0 radical (unpaired) electrons. The van der Waals surface area contributed by atoms with Crippen molar-refractivity contribution in [2.45, 2.75) is 25.8 Å². The number of para-hydroxylation sites is 1. The van der Waals surface area contributed by atoms with E-state index in [1.54, 1.807) is 24.5 Å². The summed E-state index contributed by atoms with van der Waals surface area (Å²) in [6, 6.07) is 9.21. The quantitative estimate of drug-likeness (QED) is 0.913. The number of carbonyl (C=O) groups excluding carboxylic acids is 1. The van der Waals surface area contributed by atoms with Gasteiger partial charge in [0.05, 0.1) is 12.2 Å². The first-order chi connectivity index (χ1) is 11.8. The highest BCUT2D eigenvalue weighted by Crippen LogP contribution is 2.20. The number of nitrogens with one attached hydrogen (secondary N) is 1. The first-order valence-electron chi connectivity index (χ1n) is 8.32. The van der Waals surface area contributed by atoms with Crippen LogP contribution in [0.15, 0.2) is 42.7 Å². The molecule has 1 fully saturated rings. The average Bonchev–Trinajstić information content (AvgIpc) is 2.63. The minimum Gasteiger partial charge on any atom is -0.493 e. The predicted octanol–water partition coefficient (Wildman–Crippen LogP) is 2.27. The molecule has 1 aromatic carbocycles. The number of rotatable bonds is 5. The van der Waals surface area contributed by atoms with Crippen molar-refractivity contribution in [2.75, 3.05) is 24.6 Å². The smallest absolute Gasteiger partial charge is 0.255 e. The van der Waals surface area contributed by atoms with Crippen molar-refractivity contribution < 1.29 is 9.53 Å². The van der Waals surface area contributed by atoms with Crippen LogP contribution in [0.25, 0.3) is 0 Å². The number of ether oxygens (including phenoxy) is 1. The first kappa shape index (κ1) is 16.2. The minimum atomic E-state index is -0.0973. The molecule has 1 aliphatic rings. The van der Waals surface area contributed by atoms with Gasteiger partial charge in [0.1, 0.15) is 5.75 Å². The molecule has 2 aromatic rings. The Kier molecular flexibility index (Phi) is 5.25. The summed E-state index contributed by atoms with van der Waals surface area (Å²) in [4.78, 5) is 23.3. The summed E-state index contributed by atoms with van der Waals surface area (Å²) in [6.45, 7) is 4.07. The number of benzene rings is 1. The number of hydrogen-bond donors (Lipinski definition) is 1. The normalized spacial score (nSPS) is 17.4. The molecule has 0 saturated carbocycles. The lowest BCUT2D eigenvalue weighted by Crippen LogP contribution is -2.48. The number of hydrogen-bond acceptors (Lipinski definition) is 5. The third kappa shape index (κ3) is 3.82. The van der Waals surface area contributed by atoms with Crippen molar-refractivity contribution in [3.63, 3.8) is 0 Å². The first-order valence-corrected chi connectivity index (χ1v) is 8.32. The van der Waals surface area contributed by atoms with Crippen LogP contribution in [0.4, 0.5) is 5.95 Å². The minimum absolute atomic E-state index is 0.0738. The van der Waals surface area contributed by atoms with E-state index >= 15 is 0 Å². The molecule has 0 aliphatic carbocycles. The second-order valence-electron chi connectivity index (χ2n) is 5.74. The summed E-state index contributed by atoms with van der Waals surface area (Å²) in [5, 5.41) is 3.12. The molecular weight excluding hydrogens is 304 g/mol. The second kappa shape index (κ2) is 7.77. The number of piperidine rings is 1. The molecule has 24 heavy (non-hydrogen) atoms. The second-order valence-corrected chi connectivity index (χ2v) is 5.74. The van der Waals surface area contributed by atoms with Crippen LogP contribution in [0.2, 0.25) is 0 Å². The van der Waals surface area contributed by atoms with Gasteiger partial charge in [0.15, 0.2) is 0 Å². The molecule has 126 valence electrons. The number of amides is 1. The van der Waals surface area contributed by atoms with E-state index in [2.05, 4.69) is 20.2 Å². The lowest BCUT2D eigenvalue weighted by Gasteiger charge is -2.33. The van der Waals surface area contributed by atoms with E-state index in [1.807, 2.05) is 25.1 Å². The zero-order valence-corrected chi connectivity index (χ0v) is 13.8. The van der Waals surface area contributed by atoms with E-state index in [-0.39, 0.29) is 11.9 Å². The molecule has 0 bridgehead atoms. The van der Waals surface area contributed by atoms with E-state index in [4.69, 9.17) is 4.74 Å². The number of nitrogens with zero attached hydrogens (tertiary/aromatic N) is 3. The Morgan fingerprint density at radius 2 is 2.08 bits per heavy atom. The summed E-state index contributed by atoms with van der Waals surface area (Å²) < 4.78 is 5.55. The molecule has 6 heteroatoms. The monoisotopic (exact) mass is 326 g/mol. The Morgan fingerprint density at radius 1 is 1.29 bits per heavy atom. The Balaban J connectivity index is 1.66. The van der Waals surface area contributed by atoms with Gasteiger partial charge in [-0.1, -0.05) is 12.1 Å². The third-order valence-electron chi connectivity index (χ3n) is 4.02. The fourth-order valence-electron chi connectivity index (χ4n) is 2.93. The van der Waals surface area contributed by atoms with Gasteiger partial charge in [-0.2, -0.15) is 0 Å². The van der Waals surface area contributed by atoms with Crippen LogP contribution >= 0.6 is 0 Å². The zero-order valence-electron chi connectivity index (χ0n) is 13.8. The van der Waals surface area contributed by atoms with Crippen LogP contribution in [-0.4, -0.2) is 41.6 Å². The molecule has 0 spiro atoms. The largest absolute Gasteiger partial charge is 0.493 e. The summed E-state index contributed by atoms with van der Waals surface area (Å²) in [5.41, 5.74) is 0.576. The van der Waals surface area contributed by atoms with Gasteiger partial charge >= 0.3 is 0 Å². The molecule has 1 N–H and O–H groups in total. The summed E-state index contributed by atoms with van der Waals surface area (Å²) in [6.07, 6.45) is 5.42. The van der Waals surface area contributed by atoms with Gasteiger partial charge in [0.25, 0.3) is 5.91 Å². The van der Waals surface area contributed by atoms with E-state index < -0.39 is 0 Å². The third-order valence-corrected chi connectivity index (χ3v) is 4.02. The van der Waals surface area contributed by atoms with Crippen LogP contribution < -0.4 is 15.0 Å².